The van der Waals surface area contributed by atoms with Gasteiger partial charge in [-0.3, -0.25) is 19.7 Å². The summed E-state index contributed by atoms with van der Waals surface area (Å²) in [5.74, 6) is -0.0341. The van der Waals surface area contributed by atoms with E-state index >= 15 is 0 Å². The van der Waals surface area contributed by atoms with Gasteiger partial charge in [0.2, 0.25) is 5.78 Å². The van der Waals surface area contributed by atoms with Crippen LogP contribution in [0.15, 0.2) is 36.5 Å². The van der Waals surface area contributed by atoms with Crippen LogP contribution in [0.3, 0.4) is 0 Å². The number of aromatic amines is 1. The van der Waals surface area contributed by atoms with E-state index in [0.29, 0.717) is 17.7 Å². The summed E-state index contributed by atoms with van der Waals surface area (Å²) >= 11 is 0. The highest BCUT2D eigenvalue weighted by molar-refractivity contribution is 6.17. The molecule has 0 amide bonds. The molecule has 2 N–H and O–H groups in total. The molecule has 2 aromatic heterocycles. The van der Waals surface area contributed by atoms with E-state index in [0.717, 1.165) is 36.8 Å². The lowest BCUT2D eigenvalue weighted by Gasteiger charge is -2.39. The van der Waals surface area contributed by atoms with E-state index in [-0.39, 0.29) is 23.0 Å². The second-order valence-electron chi connectivity index (χ2n) is 7.12. The van der Waals surface area contributed by atoms with Crippen molar-refractivity contribution in [3.63, 3.8) is 0 Å². The minimum absolute atomic E-state index is 0.0759. The quantitative estimate of drug-likeness (QED) is 0.679. The monoisotopic (exact) mass is 362 g/mol. The fourth-order valence-electron chi connectivity index (χ4n) is 3.99. The first kappa shape index (κ1) is 16.1. The van der Waals surface area contributed by atoms with Crippen LogP contribution in [-0.4, -0.2) is 45.4 Å². The summed E-state index contributed by atoms with van der Waals surface area (Å²) in [6.07, 6.45) is 3.38. The lowest BCUT2D eigenvalue weighted by atomic mass is 9.84. The minimum atomic E-state index is -0.547. The van der Waals surface area contributed by atoms with E-state index in [1.165, 1.54) is 0 Å². The van der Waals surface area contributed by atoms with E-state index < -0.39 is 5.60 Å². The van der Waals surface area contributed by atoms with E-state index in [1.807, 2.05) is 24.3 Å². The van der Waals surface area contributed by atoms with Gasteiger partial charge in [0.1, 0.15) is 11.3 Å². The normalized spacial score (nSPS) is 18.3. The van der Waals surface area contributed by atoms with Crippen LogP contribution in [0.4, 0.5) is 0 Å². The molecule has 1 spiro atoms. The van der Waals surface area contributed by atoms with Gasteiger partial charge in [-0.2, -0.15) is 5.10 Å². The molecule has 3 aromatic rings. The number of carbonyl (C=O) groups excluding carboxylic acids is 2. The number of H-pyrrole nitrogens is 1. The maximum Gasteiger partial charge on any atom is 0.215 e. The molecule has 0 unspecified atom stereocenters. The number of pyridine rings is 1. The summed E-state index contributed by atoms with van der Waals surface area (Å²) in [7, 11) is 0. The fourth-order valence-corrected chi connectivity index (χ4v) is 3.99. The molecule has 1 saturated heterocycles. The van der Waals surface area contributed by atoms with Gasteiger partial charge < -0.3 is 10.1 Å². The number of ketones is 2. The van der Waals surface area contributed by atoms with Crippen molar-refractivity contribution in [2.75, 3.05) is 13.1 Å². The SMILES string of the molecule is O=C1CC2(CCNCC2)Oc2c1n[nH]c2C(=O)c1ccnc2ccccc12. The molecule has 1 aromatic carbocycles. The third-order valence-electron chi connectivity index (χ3n) is 5.42. The molecule has 0 saturated carbocycles. The van der Waals surface area contributed by atoms with Crippen molar-refractivity contribution in [2.45, 2.75) is 24.9 Å². The van der Waals surface area contributed by atoms with E-state index in [2.05, 4.69) is 20.5 Å². The van der Waals surface area contributed by atoms with Gasteiger partial charge in [-0.1, -0.05) is 18.2 Å². The molecule has 0 atom stereocenters. The van der Waals surface area contributed by atoms with E-state index in [9.17, 15) is 9.59 Å². The molecule has 27 heavy (non-hydrogen) atoms. The Hall–Kier alpha value is -3.06. The maximum atomic E-state index is 13.3. The van der Waals surface area contributed by atoms with Crippen LogP contribution in [0.5, 0.6) is 5.75 Å². The van der Waals surface area contributed by atoms with Crippen molar-refractivity contribution < 1.29 is 14.3 Å². The van der Waals surface area contributed by atoms with Gasteiger partial charge in [-0.05, 0) is 25.2 Å². The van der Waals surface area contributed by atoms with Crippen LogP contribution in [0.2, 0.25) is 0 Å². The van der Waals surface area contributed by atoms with Crippen LogP contribution in [0.1, 0.15) is 45.8 Å². The van der Waals surface area contributed by atoms with Crippen LogP contribution < -0.4 is 10.1 Å². The number of ether oxygens (including phenoxy) is 1. The van der Waals surface area contributed by atoms with Gasteiger partial charge in [0.05, 0.1) is 11.9 Å². The maximum absolute atomic E-state index is 13.3. The number of hydrogen-bond donors (Lipinski definition) is 2. The first-order valence-electron chi connectivity index (χ1n) is 9.07. The van der Waals surface area contributed by atoms with Gasteiger partial charge in [0, 0.05) is 30.0 Å². The molecule has 2 aliphatic rings. The number of benzene rings is 1. The number of hydrogen-bond acceptors (Lipinski definition) is 6. The first-order chi connectivity index (χ1) is 13.2. The zero-order valence-electron chi connectivity index (χ0n) is 14.6. The molecule has 7 nitrogen and oxygen atoms in total. The average Bonchev–Trinajstić information content (AvgIpc) is 3.11. The molecule has 1 fully saturated rings. The summed E-state index contributed by atoms with van der Waals surface area (Å²) < 4.78 is 6.27. The molecule has 136 valence electrons. The Balaban J connectivity index is 1.59. The van der Waals surface area contributed by atoms with Crippen molar-refractivity contribution in [1.29, 1.82) is 0 Å². The number of nitrogens with one attached hydrogen (secondary N) is 2. The molecular formula is C20H18N4O3. The van der Waals surface area contributed by atoms with Crippen molar-refractivity contribution >= 4 is 22.5 Å². The second kappa shape index (κ2) is 5.99. The van der Waals surface area contributed by atoms with Crippen molar-refractivity contribution in [1.82, 2.24) is 20.5 Å². The van der Waals surface area contributed by atoms with Crippen LogP contribution in [0.25, 0.3) is 10.9 Å². The number of nitrogens with zero attached hydrogens (tertiary/aromatic N) is 2. The zero-order valence-corrected chi connectivity index (χ0v) is 14.6. The second-order valence-corrected chi connectivity index (χ2v) is 7.12. The smallest absolute Gasteiger partial charge is 0.215 e. The van der Waals surface area contributed by atoms with Crippen LogP contribution >= 0.6 is 0 Å². The predicted molar refractivity (Wildman–Crippen MR) is 98.2 cm³/mol. The Kier molecular flexibility index (Phi) is 3.58. The summed E-state index contributed by atoms with van der Waals surface area (Å²) in [6, 6.07) is 9.15. The predicted octanol–water partition coefficient (Wildman–Crippen LogP) is 2.28. The van der Waals surface area contributed by atoms with E-state index in [4.69, 9.17) is 4.74 Å². The minimum Gasteiger partial charge on any atom is -0.482 e. The summed E-state index contributed by atoms with van der Waals surface area (Å²) in [5, 5.41) is 10.9. The Labute approximate surface area is 155 Å². The number of fused-ring (bicyclic) bond motifs is 2. The highest BCUT2D eigenvalue weighted by Crippen LogP contribution is 2.40. The van der Waals surface area contributed by atoms with Gasteiger partial charge in [0.25, 0.3) is 0 Å². The fraction of sp³-hybridized carbons (Fsp3) is 0.300. The molecule has 5 rings (SSSR count). The van der Waals surface area contributed by atoms with Gasteiger partial charge in [-0.15, -0.1) is 0 Å². The largest absolute Gasteiger partial charge is 0.482 e. The van der Waals surface area contributed by atoms with Crippen LogP contribution in [-0.2, 0) is 0 Å². The van der Waals surface area contributed by atoms with Gasteiger partial charge >= 0.3 is 0 Å². The third-order valence-corrected chi connectivity index (χ3v) is 5.42. The molecule has 7 heteroatoms. The standard InChI is InChI=1S/C20H18N4O3/c25-15-11-20(6-9-21-10-7-20)27-19-16(15)23-24-17(19)18(26)13-5-8-22-14-4-2-1-3-12(13)14/h1-5,8,21H,6-7,9-11H2,(H,23,24). The zero-order chi connectivity index (χ0) is 18.4. The summed E-state index contributed by atoms with van der Waals surface area (Å²) in [6.45, 7) is 1.58. The molecule has 4 heterocycles. The molecule has 0 radical (unpaired) electrons. The Morgan fingerprint density at radius 2 is 1.96 bits per heavy atom. The Morgan fingerprint density at radius 3 is 2.81 bits per heavy atom. The number of piperidine rings is 1. The third kappa shape index (κ3) is 2.54. The molecule has 2 aliphatic heterocycles. The topological polar surface area (TPSA) is 97.0 Å². The highest BCUT2D eigenvalue weighted by Gasteiger charge is 2.44. The Morgan fingerprint density at radius 1 is 1.15 bits per heavy atom. The lowest BCUT2D eigenvalue weighted by Crippen LogP contribution is -2.49. The number of carbonyl (C=O) groups is 2. The van der Waals surface area contributed by atoms with Gasteiger partial charge in [0.15, 0.2) is 17.2 Å². The Bertz CT molecular complexity index is 1060. The van der Waals surface area contributed by atoms with Crippen molar-refractivity contribution in [3.05, 3.63) is 53.5 Å². The summed E-state index contributed by atoms with van der Waals surface area (Å²) in [5.41, 5.74) is 1.15. The number of aromatic nitrogens is 3. The van der Waals surface area contributed by atoms with Crippen LogP contribution in [0, 0.1) is 0 Å². The molecular weight excluding hydrogens is 344 g/mol. The average molecular weight is 362 g/mol. The van der Waals surface area contributed by atoms with Gasteiger partial charge in [-0.25, -0.2) is 0 Å². The number of rotatable bonds is 2. The van der Waals surface area contributed by atoms with E-state index in [1.54, 1.807) is 12.3 Å². The molecule has 0 bridgehead atoms. The van der Waals surface area contributed by atoms with Crippen molar-refractivity contribution in [3.8, 4) is 5.75 Å². The highest BCUT2D eigenvalue weighted by atomic mass is 16.5. The summed E-state index contributed by atoms with van der Waals surface area (Å²) in [4.78, 5) is 30.2. The number of Topliss-reactive ketones (excluding diaryl/α,β-unsaturated/α-hetero) is 1. The first-order valence-corrected chi connectivity index (χ1v) is 9.07. The number of para-hydroxylation sites is 1. The molecule has 0 aliphatic carbocycles. The lowest BCUT2D eigenvalue weighted by molar-refractivity contribution is 0.0181. The van der Waals surface area contributed by atoms with Crippen molar-refractivity contribution in [2.24, 2.45) is 0 Å².